The van der Waals surface area contributed by atoms with E-state index in [1.165, 1.54) is 6.07 Å². The molecule has 1 saturated heterocycles. The van der Waals surface area contributed by atoms with Crippen molar-refractivity contribution in [2.24, 2.45) is 7.05 Å². The van der Waals surface area contributed by atoms with Crippen LogP contribution < -0.4 is 9.62 Å². The monoisotopic (exact) mass is 511 g/mol. The quantitative estimate of drug-likeness (QED) is 0.423. The average Bonchev–Trinajstić information content (AvgIpc) is 3.47. The van der Waals surface area contributed by atoms with Crippen LogP contribution in [0.15, 0.2) is 35.1 Å². The molecule has 4 aromatic heterocycles. The molecule has 168 valence electrons. The number of halogens is 2. The second kappa shape index (κ2) is 8.31. The van der Waals surface area contributed by atoms with Crippen LogP contribution in [0, 0.1) is 0 Å². The van der Waals surface area contributed by atoms with Crippen LogP contribution in [-0.2, 0) is 17.1 Å². The van der Waals surface area contributed by atoms with Crippen molar-refractivity contribution in [3.63, 3.8) is 0 Å². The predicted octanol–water partition coefficient (Wildman–Crippen LogP) is 3.67. The minimum Gasteiger partial charge on any atom is -0.356 e. The van der Waals surface area contributed by atoms with E-state index in [9.17, 15) is 8.42 Å². The lowest BCUT2D eigenvalue weighted by atomic mass is 10.1. The Hall–Kier alpha value is -2.18. The van der Waals surface area contributed by atoms with Gasteiger partial charge in [0.2, 0.25) is 10.0 Å². The van der Waals surface area contributed by atoms with Crippen LogP contribution in [0.2, 0.25) is 9.36 Å². The second-order valence-electron chi connectivity index (χ2n) is 7.61. The van der Waals surface area contributed by atoms with Gasteiger partial charge in [-0.2, -0.15) is 5.10 Å². The summed E-state index contributed by atoms with van der Waals surface area (Å²) >= 11 is 12.8. The van der Waals surface area contributed by atoms with E-state index in [4.69, 9.17) is 23.2 Å². The number of piperidine rings is 1. The summed E-state index contributed by atoms with van der Waals surface area (Å²) in [6.45, 7) is 1.33. The number of rotatable bonds is 5. The number of H-pyrrole nitrogens is 1. The number of aromatic nitrogens is 5. The third-order valence-corrected chi connectivity index (χ3v) is 9.28. The number of anilines is 1. The first-order chi connectivity index (χ1) is 15.3. The van der Waals surface area contributed by atoms with E-state index in [2.05, 4.69) is 29.7 Å². The molecule has 1 aliphatic rings. The summed E-state index contributed by atoms with van der Waals surface area (Å²) in [7, 11) is -1.79. The van der Waals surface area contributed by atoms with Gasteiger partial charge in [0, 0.05) is 37.9 Å². The normalized spacial score (nSPS) is 15.7. The van der Waals surface area contributed by atoms with Gasteiger partial charge in [-0.15, -0.1) is 11.3 Å². The summed E-state index contributed by atoms with van der Waals surface area (Å²) in [5.74, 6) is 0.833. The summed E-state index contributed by atoms with van der Waals surface area (Å²) in [6, 6.07) is 3.24. The predicted molar refractivity (Wildman–Crippen MR) is 126 cm³/mol. The number of sulfonamides is 1. The number of fused-ring (bicyclic) bond motifs is 1. The number of aryl methyl sites for hydroxylation is 1. The van der Waals surface area contributed by atoms with Crippen molar-refractivity contribution in [2.45, 2.75) is 23.1 Å². The highest BCUT2D eigenvalue weighted by Gasteiger charge is 2.28. The lowest BCUT2D eigenvalue weighted by molar-refractivity contribution is 0.459. The zero-order valence-corrected chi connectivity index (χ0v) is 20.1. The van der Waals surface area contributed by atoms with Crippen molar-refractivity contribution >= 4 is 61.4 Å². The smallest absolute Gasteiger partial charge is 0.250 e. The summed E-state index contributed by atoms with van der Waals surface area (Å²) in [5.41, 5.74) is 2.65. The Bertz CT molecular complexity index is 1370. The van der Waals surface area contributed by atoms with Gasteiger partial charge in [-0.25, -0.2) is 23.1 Å². The Kier molecular flexibility index (Phi) is 5.62. The van der Waals surface area contributed by atoms with Crippen LogP contribution in [-0.4, -0.2) is 52.3 Å². The molecule has 4 aromatic rings. The first kappa shape index (κ1) is 21.7. The fourth-order valence-corrected chi connectivity index (χ4v) is 7.04. The number of thiophene rings is 1. The van der Waals surface area contributed by atoms with Gasteiger partial charge in [-0.1, -0.05) is 23.2 Å². The lowest BCUT2D eigenvalue weighted by Crippen LogP contribution is -2.44. The zero-order valence-electron chi connectivity index (χ0n) is 16.9. The maximum absolute atomic E-state index is 12.7. The Morgan fingerprint density at radius 3 is 2.66 bits per heavy atom. The number of hydrogen-bond acceptors (Lipinski definition) is 7. The topological polar surface area (TPSA) is 109 Å². The van der Waals surface area contributed by atoms with Crippen molar-refractivity contribution in [3.8, 4) is 11.3 Å². The highest BCUT2D eigenvalue weighted by Crippen LogP contribution is 2.35. The Labute approximate surface area is 198 Å². The third-order valence-electron chi connectivity index (χ3n) is 5.42. The van der Waals surface area contributed by atoms with E-state index >= 15 is 0 Å². The highest BCUT2D eigenvalue weighted by molar-refractivity contribution is 7.91. The Morgan fingerprint density at radius 1 is 1.22 bits per heavy atom. The second-order valence-corrected chi connectivity index (χ2v) is 11.6. The summed E-state index contributed by atoms with van der Waals surface area (Å²) in [5, 5.41) is 5.39. The molecule has 1 fully saturated rings. The van der Waals surface area contributed by atoms with Crippen LogP contribution in [0.25, 0.3) is 22.3 Å². The van der Waals surface area contributed by atoms with Crippen molar-refractivity contribution in [1.29, 1.82) is 0 Å². The first-order valence-electron chi connectivity index (χ1n) is 9.85. The fourth-order valence-electron chi connectivity index (χ4n) is 3.84. The van der Waals surface area contributed by atoms with Crippen LogP contribution in [0.5, 0.6) is 0 Å². The molecule has 5 rings (SSSR count). The Balaban J connectivity index is 1.31. The molecule has 5 heterocycles. The van der Waals surface area contributed by atoms with Crippen LogP contribution in [0.1, 0.15) is 12.8 Å². The van der Waals surface area contributed by atoms with Crippen molar-refractivity contribution in [1.82, 2.24) is 29.5 Å². The van der Waals surface area contributed by atoms with Crippen LogP contribution in [0.3, 0.4) is 0 Å². The molecule has 1 aliphatic heterocycles. The van der Waals surface area contributed by atoms with E-state index in [-0.39, 0.29) is 19.6 Å². The fraction of sp³-hybridized carbons (Fsp3) is 0.316. The molecule has 32 heavy (non-hydrogen) atoms. The highest BCUT2D eigenvalue weighted by atomic mass is 35.5. The van der Waals surface area contributed by atoms with Crippen molar-refractivity contribution in [2.75, 3.05) is 18.0 Å². The number of aromatic amines is 1. The molecule has 2 N–H and O–H groups in total. The molecule has 0 atom stereocenters. The zero-order chi connectivity index (χ0) is 22.5. The minimum absolute atomic E-state index is 0.127. The average molecular weight is 512 g/mol. The third kappa shape index (κ3) is 4.11. The summed E-state index contributed by atoms with van der Waals surface area (Å²) in [4.78, 5) is 14.4. The molecule has 0 aliphatic carbocycles. The number of nitrogens with one attached hydrogen (secondary N) is 2. The SMILES string of the molecule is Cn1cc(-c2cc3c(N4CCC(NS(=O)(=O)c5cc(Cl)c(Cl)s5)CC4)ncnc3[nH]2)cn1. The molecule has 0 aromatic carbocycles. The molecule has 0 bridgehead atoms. The molecule has 13 heteroatoms. The minimum atomic E-state index is -3.66. The summed E-state index contributed by atoms with van der Waals surface area (Å²) in [6.07, 6.45) is 6.57. The van der Waals surface area contributed by atoms with E-state index in [0.29, 0.717) is 25.9 Å². The maximum Gasteiger partial charge on any atom is 0.250 e. The van der Waals surface area contributed by atoms with Crippen molar-refractivity contribution < 1.29 is 8.42 Å². The Morgan fingerprint density at radius 2 is 2.00 bits per heavy atom. The molecule has 0 amide bonds. The van der Waals surface area contributed by atoms with Gasteiger partial charge in [-0.3, -0.25) is 4.68 Å². The van der Waals surface area contributed by atoms with Gasteiger partial charge in [-0.05, 0) is 25.0 Å². The molecule has 9 nitrogen and oxygen atoms in total. The van der Waals surface area contributed by atoms with Gasteiger partial charge in [0.1, 0.15) is 26.3 Å². The van der Waals surface area contributed by atoms with Gasteiger partial charge in [0.15, 0.2) is 0 Å². The molecule has 0 spiro atoms. The standard InChI is InChI=1S/C19H19Cl2N7O2S2/c1-27-9-11(8-24-27)15-6-13-18(25-15)22-10-23-19(13)28-4-2-12(3-5-28)26-32(29,30)16-7-14(20)17(21)31-16/h6-10,12,26H,2-5H2,1H3,(H,22,23,25). The van der Waals surface area contributed by atoms with E-state index in [1.54, 1.807) is 17.2 Å². The molecule has 0 unspecified atom stereocenters. The van der Waals surface area contributed by atoms with Gasteiger partial charge >= 0.3 is 0 Å². The number of nitrogens with zero attached hydrogens (tertiary/aromatic N) is 5. The van der Waals surface area contributed by atoms with E-state index in [1.807, 2.05) is 19.3 Å². The van der Waals surface area contributed by atoms with Gasteiger partial charge in [0.25, 0.3) is 0 Å². The molecule has 0 radical (unpaired) electrons. The summed E-state index contributed by atoms with van der Waals surface area (Å²) < 4.78 is 30.3. The van der Waals surface area contributed by atoms with Gasteiger partial charge < -0.3 is 9.88 Å². The van der Waals surface area contributed by atoms with E-state index < -0.39 is 10.0 Å². The lowest BCUT2D eigenvalue weighted by Gasteiger charge is -2.33. The molecular weight excluding hydrogens is 493 g/mol. The van der Waals surface area contributed by atoms with Crippen molar-refractivity contribution in [3.05, 3.63) is 40.2 Å². The number of hydrogen-bond donors (Lipinski definition) is 2. The van der Waals surface area contributed by atoms with Crippen LogP contribution in [0.4, 0.5) is 5.82 Å². The van der Waals surface area contributed by atoms with Crippen LogP contribution >= 0.6 is 34.5 Å². The first-order valence-corrected chi connectivity index (χ1v) is 12.9. The molecule has 0 saturated carbocycles. The maximum atomic E-state index is 12.7. The molecular formula is C19H19Cl2N7O2S2. The largest absolute Gasteiger partial charge is 0.356 e. The van der Waals surface area contributed by atoms with Gasteiger partial charge in [0.05, 0.1) is 22.3 Å². The van der Waals surface area contributed by atoms with E-state index in [0.717, 1.165) is 39.4 Å².